The van der Waals surface area contributed by atoms with Gasteiger partial charge in [-0.05, 0) is 31.0 Å². The second-order valence-corrected chi connectivity index (χ2v) is 6.03. The van der Waals surface area contributed by atoms with Crippen LogP contribution in [0.15, 0.2) is 55.0 Å². The van der Waals surface area contributed by atoms with Crippen LogP contribution in [0.2, 0.25) is 0 Å². The van der Waals surface area contributed by atoms with E-state index >= 15 is 0 Å². The van der Waals surface area contributed by atoms with Gasteiger partial charge in [-0.25, -0.2) is 9.97 Å². The van der Waals surface area contributed by atoms with Crippen molar-refractivity contribution in [3.63, 3.8) is 0 Å². The van der Waals surface area contributed by atoms with Crippen LogP contribution in [0.1, 0.15) is 18.5 Å². The molecule has 1 aliphatic rings. The Bertz CT molecular complexity index is 885. The molecule has 0 radical (unpaired) electrons. The standard InChI is InChI=1S/C18H17N5O2/c1-23-15(7-10-21-23)18(8-9-18)16(24)22-17-19-11-14(12-20-17)25-13-5-3-2-4-6-13/h2-7,10-12H,8-9H2,1H3,(H,19,20,22,24). The fraction of sp³-hybridized carbons (Fsp3) is 0.222. The summed E-state index contributed by atoms with van der Waals surface area (Å²) < 4.78 is 7.38. The highest BCUT2D eigenvalue weighted by molar-refractivity contribution is 6.00. The Morgan fingerprint density at radius 1 is 1.12 bits per heavy atom. The number of para-hydroxylation sites is 1. The smallest absolute Gasteiger partial charge is 0.238 e. The number of rotatable bonds is 5. The van der Waals surface area contributed by atoms with Gasteiger partial charge in [0.25, 0.3) is 0 Å². The first-order chi connectivity index (χ1) is 12.2. The summed E-state index contributed by atoms with van der Waals surface area (Å²) in [6, 6.07) is 11.3. The van der Waals surface area contributed by atoms with Gasteiger partial charge in [-0.1, -0.05) is 18.2 Å². The van der Waals surface area contributed by atoms with Crippen LogP contribution < -0.4 is 10.1 Å². The molecule has 1 aromatic carbocycles. The van der Waals surface area contributed by atoms with Gasteiger partial charge in [-0.15, -0.1) is 0 Å². The van der Waals surface area contributed by atoms with Crippen LogP contribution >= 0.6 is 0 Å². The minimum atomic E-state index is -0.520. The van der Waals surface area contributed by atoms with Crippen molar-refractivity contribution in [1.82, 2.24) is 19.7 Å². The summed E-state index contributed by atoms with van der Waals surface area (Å²) >= 11 is 0. The zero-order valence-electron chi connectivity index (χ0n) is 13.7. The number of hydrogen-bond acceptors (Lipinski definition) is 5. The number of carbonyl (C=O) groups excluding carboxylic acids is 1. The molecule has 4 rings (SSSR count). The highest BCUT2D eigenvalue weighted by atomic mass is 16.5. The minimum Gasteiger partial charge on any atom is -0.454 e. The van der Waals surface area contributed by atoms with Crippen LogP contribution in [0, 0.1) is 0 Å². The Labute approximate surface area is 144 Å². The third-order valence-corrected chi connectivity index (χ3v) is 4.33. The molecule has 7 heteroatoms. The van der Waals surface area contributed by atoms with E-state index < -0.39 is 5.41 Å². The van der Waals surface area contributed by atoms with E-state index in [-0.39, 0.29) is 11.9 Å². The molecule has 1 N–H and O–H groups in total. The molecule has 3 aromatic rings. The number of amides is 1. The summed E-state index contributed by atoms with van der Waals surface area (Å²) in [4.78, 5) is 21.0. The average Bonchev–Trinajstić information content (AvgIpc) is 3.33. The van der Waals surface area contributed by atoms with E-state index in [1.165, 1.54) is 0 Å². The van der Waals surface area contributed by atoms with Gasteiger partial charge in [0.15, 0.2) is 5.75 Å². The highest BCUT2D eigenvalue weighted by Gasteiger charge is 2.53. The zero-order chi connectivity index (χ0) is 17.3. The number of nitrogens with zero attached hydrogens (tertiary/aromatic N) is 4. The van der Waals surface area contributed by atoms with Gasteiger partial charge >= 0.3 is 0 Å². The number of nitrogens with one attached hydrogen (secondary N) is 1. The van der Waals surface area contributed by atoms with Gasteiger partial charge in [-0.3, -0.25) is 14.8 Å². The third-order valence-electron chi connectivity index (χ3n) is 4.33. The maximum atomic E-state index is 12.7. The molecule has 0 bridgehead atoms. The number of anilines is 1. The summed E-state index contributed by atoms with van der Waals surface area (Å²) in [5, 5.41) is 6.95. The van der Waals surface area contributed by atoms with E-state index in [0.717, 1.165) is 18.5 Å². The van der Waals surface area contributed by atoms with Gasteiger partial charge in [0, 0.05) is 13.2 Å². The second-order valence-electron chi connectivity index (χ2n) is 6.03. The van der Waals surface area contributed by atoms with Gasteiger partial charge in [0.1, 0.15) is 5.75 Å². The molecule has 0 atom stereocenters. The lowest BCUT2D eigenvalue weighted by Crippen LogP contribution is -2.30. The normalized spacial score (nSPS) is 14.8. The minimum absolute atomic E-state index is 0.104. The number of ether oxygens (including phenoxy) is 1. The Morgan fingerprint density at radius 3 is 2.44 bits per heavy atom. The molecule has 25 heavy (non-hydrogen) atoms. The summed E-state index contributed by atoms with van der Waals surface area (Å²) in [6.07, 6.45) is 6.38. The molecule has 7 nitrogen and oxygen atoms in total. The first-order valence-corrected chi connectivity index (χ1v) is 8.02. The SMILES string of the molecule is Cn1nccc1C1(C(=O)Nc2ncc(Oc3ccccc3)cn2)CC1. The van der Waals surface area contributed by atoms with E-state index in [1.54, 1.807) is 23.3 Å². The first kappa shape index (κ1) is 15.3. The zero-order valence-corrected chi connectivity index (χ0v) is 13.7. The number of aryl methyl sites for hydroxylation is 1. The molecule has 1 fully saturated rings. The quantitative estimate of drug-likeness (QED) is 0.775. The number of hydrogen-bond donors (Lipinski definition) is 1. The topological polar surface area (TPSA) is 81.9 Å². The van der Waals surface area contributed by atoms with Crippen LogP contribution in [0.25, 0.3) is 0 Å². The lowest BCUT2D eigenvalue weighted by Gasteiger charge is -2.14. The summed E-state index contributed by atoms with van der Waals surface area (Å²) in [5.74, 6) is 1.37. The maximum Gasteiger partial charge on any atom is 0.238 e. The van der Waals surface area contributed by atoms with Crippen LogP contribution in [-0.2, 0) is 17.3 Å². The molecule has 0 spiro atoms. The second kappa shape index (κ2) is 6.01. The van der Waals surface area contributed by atoms with E-state index in [4.69, 9.17) is 4.74 Å². The molecule has 126 valence electrons. The van der Waals surface area contributed by atoms with E-state index in [2.05, 4.69) is 20.4 Å². The molecular weight excluding hydrogens is 318 g/mol. The third kappa shape index (κ3) is 2.96. The number of carbonyl (C=O) groups is 1. The summed E-state index contributed by atoms with van der Waals surface area (Å²) in [7, 11) is 1.84. The van der Waals surface area contributed by atoms with Crippen molar-refractivity contribution < 1.29 is 9.53 Å². The molecule has 0 aliphatic heterocycles. The van der Waals surface area contributed by atoms with Gasteiger partial charge in [0.2, 0.25) is 11.9 Å². The van der Waals surface area contributed by atoms with E-state index in [0.29, 0.717) is 11.5 Å². The Morgan fingerprint density at radius 2 is 1.84 bits per heavy atom. The highest BCUT2D eigenvalue weighted by Crippen LogP contribution is 2.48. The fourth-order valence-corrected chi connectivity index (χ4v) is 2.85. The largest absolute Gasteiger partial charge is 0.454 e. The molecule has 2 aromatic heterocycles. The van der Waals surface area contributed by atoms with E-state index in [1.807, 2.05) is 43.4 Å². The molecule has 1 aliphatic carbocycles. The maximum absolute atomic E-state index is 12.7. The average molecular weight is 335 g/mol. The monoisotopic (exact) mass is 335 g/mol. The molecule has 1 saturated carbocycles. The predicted octanol–water partition coefficient (Wildman–Crippen LogP) is 2.67. The van der Waals surface area contributed by atoms with Crippen molar-refractivity contribution >= 4 is 11.9 Å². The van der Waals surface area contributed by atoms with Crippen LogP contribution in [-0.4, -0.2) is 25.7 Å². The first-order valence-electron chi connectivity index (χ1n) is 8.02. The molecular formula is C18H17N5O2. The van der Waals surface area contributed by atoms with Crippen molar-refractivity contribution in [3.8, 4) is 11.5 Å². The van der Waals surface area contributed by atoms with Crippen LogP contribution in [0.3, 0.4) is 0 Å². The van der Waals surface area contributed by atoms with Gasteiger partial charge in [0.05, 0.1) is 23.5 Å². The lowest BCUT2D eigenvalue weighted by atomic mass is 10.0. The summed E-state index contributed by atoms with van der Waals surface area (Å²) in [6.45, 7) is 0. The van der Waals surface area contributed by atoms with E-state index in [9.17, 15) is 4.79 Å². The Hall–Kier alpha value is -3.22. The fourth-order valence-electron chi connectivity index (χ4n) is 2.85. The van der Waals surface area contributed by atoms with Crippen LogP contribution in [0.5, 0.6) is 11.5 Å². The molecule has 0 unspecified atom stereocenters. The van der Waals surface area contributed by atoms with Crippen molar-refractivity contribution in [3.05, 3.63) is 60.7 Å². The lowest BCUT2D eigenvalue weighted by molar-refractivity contribution is -0.118. The van der Waals surface area contributed by atoms with Crippen molar-refractivity contribution in [1.29, 1.82) is 0 Å². The van der Waals surface area contributed by atoms with Crippen LogP contribution in [0.4, 0.5) is 5.95 Å². The molecule has 1 amide bonds. The van der Waals surface area contributed by atoms with Crippen molar-refractivity contribution in [2.45, 2.75) is 18.3 Å². The number of benzene rings is 1. The molecule has 0 saturated heterocycles. The summed E-state index contributed by atoms with van der Waals surface area (Å²) in [5.41, 5.74) is 0.391. The Kier molecular flexibility index (Phi) is 3.68. The van der Waals surface area contributed by atoms with Gasteiger partial charge < -0.3 is 4.74 Å². The van der Waals surface area contributed by atoms with Crippen molar-refractivity contribution in [2.24, 2.45) is 7.05 Å². The van der Waals surface area contributed by atoms with Gasteiger partial charge in [-0.2, -0.15) is 5.10 Å². The Balaban J connectivity index is 1.45. The number of aromatic nitrogens is 4. The predicted molar refractivity (Wildman–Crippen MR) is 91.3 cm³/mol. The molecule has 2 heterocycles. The van der Waals surface area contributed by atoms with Crippen molar-refractivity contribution in [2.75, 3.05) is 5.32 Å².